The van der Waals surface area contributed by atoms with Gasteiger partial charge in [0.15, 0.2) is 20.2 Å². The summed E-state index contributed by atoms with van der Waals surface area (Å²) >= 11 is 0. The summed E-state index contributed by atoms with van der Waals surface area (Å²) in [5.41, 5.74) is -1.95. The molecule has 12 heteroatoms. The van der Waals surface area contributed by atoms with Gasteiger partial charge in [0.1, 0.15) is 6.10 Å². The Bertz CT molecular complexity index is 881. The summed E-state index contributed by atoms with van der Waals surface area (Å²) in [6.45, 7) is 15.0. The highest BCUT2D eigenvalue weighted by Gasteiger charge is 2.64. The van der Waals surface area contributed by atoms with E-state index < -0.39 is 61.9 Å². The minimum absolute atomic E-state index is 0.0341. The lowest BCUT2D eigenvalue weighted by Crippen LogP contribution is -2.71. The number of rotatable bonds is 8. The number of carbonyl (C=O) groups excluding carboxylic acids is 3. The SMILES string of the molecule is COC(=O)C1=CC(O[Si](C)(C)C(C)(C)C)C(NC(C)=O)C(C(OC)(C(=O)OC)C2COC(C)(C)O2)O1. The van der Waals surface area contributed by atoms with Gasteiger partial charge < -0.3 is 38.2 Å². The predicted octanol–water partition coefficient (Wildman–Crippen LogP) is 2.05. The number of ether oxygens (including phenoxy) is 6. The molecule has 2 heterocycles. The van der Waals surface area contributed by atoms with Gasteiger partial charge in [0.2, 0.25) is 17.3 Å². The number of amides is 1. The van der Waals surface area contributed by atoms with Crippen LogP contribution in [0.2, 0.25) is 18.1 Å². The second-order valence-electron chi connectivity index (χ2n) is 10.9. The van der Waals surface area contributed by atoms with E-state index in [-0.39, 0.29) is 17.4 Å². The van der Waals surface area contributed by atoms with Gasteiger partial charge in [0.25, 0.3) is 0 Å². The Morgan fingerprint density at radius 3 is 2.14 bits per heavy atom. The van der Waals surface area contributed by atoms with Crippen LogP contribution in [0.15, 0.2) is 11.8 Å². The van der Waals surface area contributed by atoms with E-state index >= 15 is 0 Å². The fraction of sp³-hybridized carbons (Fsp3) is 0.792. The molecule has 5 unspecified atom stereocenters. The first kappa shape index (κ1) is 30.2. The van der Waals surface area contributed by atoms with Crippen molar-refractivity contribution in [2.24, 2.45) is 0 Å². The molecule has 11 nitrogen and oxygen atoms in total. The van der Waals surface area contributed by atoms with Crippen LogP contribution >= 0.6 is 0 Å². The second-order valence-corrected chi connectivity index (χ2v) is 15.7. The van der Waals surface area contributed by atoms with Crippen molar-refractivity contribution in [3.63, 3.8) is 0 Å². The molecule has 0 aliphatic carbocycles. The molecular formula is C24H41NO10Si. The Balaban J connectivity index is 2.75. The van der Waals surface area contributed by atoms with E-state index in [0.717, 1.165) is 0 Å². The fourth-order valence-corrected chi connectivity index (χ4v) is 5.33. The third kappa shape index (κ3) is 5.93. The van der Waals surface area contributed by atoms with Crippen molar-refractivity contribution in [3.05, 3.63) is 11.8 Å². The molecule has 2 aliphatic heterocycles. The number of hydrogen-bond donors (Lipinski definition) is 1. The number of carbonyl (C=O) groups is 3. The highest BCUT2D eigenvalue weighted by Crippen LogP contribution is 2.42. The molecule has 0 aromatic carbocycles. The van der Waals surface area contributed by atoms with Gasteiger partial charge in [-0.05, 0) is 38.1 Å². The normalized spacial score (nSPS) is 27.8. The van der Waals surface area contributed by atoms with E-state index in [9.17, 15) is 14.4 Å². The van der Waals surface area contributed by atoms with Crippen LogP contribution in [0.1, 0.15) is 41.5 Å². The van der Waals surface area contributed by atoms with E-state index in [0.29, 0.717) is 0 Å². The van der Waals surface area contributed by atoms with E-state index in [1.807, 2.05) is 13.1 Å². The van der Waals surface area contributed by atoms with Crippen LogP contribution in [-0.4, -0.2) is 89.8 Å². The topological polar surface area (TPSA) is 128 Å². The van der Waals surface area contributed by atoms with Crippen molar-refractivity contribution >= 4 is 26.2 Å². The first-order valence-corrected chi connectivity index (χ1v) is 14.7. The Morgan fingerprint density at radius 1 is 1.11 bits per heavy atom. The molecule has 2 aliphatic rings. The summed E-state index contributed by atoms with van der Waals surface area (Å²) in [6.07, 6.45) is -1.71. The molecule has 1 amide bonds. The minimum Gasteiger partial charge on any atom is -0.477 e. The minimum atomic E-state index is -2.47. The van der Waals surface area contributed by atoms with Crippen LogP contribution in [0.4, 0.5) is 0 Å². The van der Waals surface area contributed by atoms with Crippen molar-refractivity contribution in [2.75, 3.05) is 27.9 Å². The Morgan fingerprint density at radius 2 is 1.72 bits per heavy atom. The molecular weight excluding hydrogens is 490 g/mol. The van der Waals surface area contributed by atoms with E-state index in [2.05, 4.69) is 26.1 Å². The zero-order chi connectivity index (χ0) is 27.7. The van der Waals surface area contributed by atoms with Crippen molar-refractivity contribution in [3.8, 4) is 0 Å². The quantitative estimate of drug-likeness (QED) is 0.367. The maximum atomic E-state index is 13.4. The largest absolute Gasteiger partial charge is 0.477 e. The number of nitrogens with one attached hydrogen (secondary N) is 1. The highest BCUT2D eigenvalue weighted by molar-refractivity contribution is 6.74. The average molecular weight is 532 g/mol. The Kier molecular flexibility index (Phi) is 9.05. The van der Waals surface area contributed by atoms with Crippen molar-refractivity contribution in [1.29, 1.82) is 0 Å². The Labute approximate surface area is 214 Å². The predicted molar refractivity (Wildman–Crippen MR) is 131 cm³/mol. The molecule has 2 rings (SSSR count). The third-order valence-corrected chi connectivity index (χ3v) is 11.5. The third-order valence-electron chi connectivity index (χ3n) is 6.99. The molecule has 206 valence electrons. The van der Waals surface area contributed by atoms with Gasteiger partial charge in [-0.25, -0.2) is 9.59 Å². The summed E-state index contributed by atoms with van der Waals surface area (Å²) in [5.74, 6) is -3.21. The maximum Gasteiger partial charge on any atom is 0.373 e. The second kappa shape index (κ2) is 10.8. The lowest BCUT2D eigenvalue weighted by atomic mass is 9.82. The van der Waals surface area contributed by atoms with Crippen LogP contribution in [-0.2, 0) is 47.2 Å². The summed E-state index contributed by atoms with van der Waals surface area (Å²) in [5, 5.41) is 2.65. The molecule has 0 spiro atoms. The molecule has 0 aromatic heterocycles. The highest BCUT2D eigenvalue weighted by atomic mass is 28.4. The van der Waals surface area contributed by atoms with Gasteiger partial charge in [0.05, 0.1) is 33.0 Å². The van der Waals surface area contributed by atoms with Gasteiger partial charge in [-0.1, -0.05) is 20.8 Å². The smallest absolute Gasteiger partial charge is 0.373 e. The lowest BCUT2D eigenvalue weighted by Gasteiger charge is -2.48. The number of esters is 2. The van der Waals surface area contributed by atoms with Crippen molar-refractivity contribution in [2.45, 2.75) is 95.4 Å². The zero-order valence-corrected chi connectivity index (χ0v) is 24.2. The summed E-state index contributed by atoms with van der Waals surface area (Å²) < 4.78 is 40.4. The number of methoxy groups -OCH3 is 3. The summed E-state index contributed by atoms with van der Waals surface area (Å²) in [6, 6.07) is -0.962. The summed E-state index contributed by atoms with van der Waals surface area (Å²) in [4.78, 5) is 38.5. The van der Waals surface area contributed by atoms with Gasteiger partial charge in [0, 0.05) is 14.0 Å². The van der Waals surface area contributed by atoms with Crippen molar-refractivity contribution < 1.29 is 47.2 Å². The van der Waals surface area contributed by atoms with Gasteiger partial charge in [-0.3, -0.25) is 4.79 Å². The van der Waals surface area contributed by atoms with Gasteiger partial charge >= 0.3 is 11.9 Å². The van der Waals surface area contributed by atoms with Gasteiger partial charge in [-0.15, -0.1) is 0 Å². The van der Waals surface area contributed by atoms with Crippen LogP contribution < -0.4 is 5.32 Å². The standard InChI is InChI=1S/C24H41NO10Si/c1-14(26)25-18-15(35-36(10,11)22(2,3)4)12-16(20(27)29-7)33-19(18)24(31-9,21(28)30-8)17-13-32-23(5,6)34-17/h12,15,17-19H,13H2,1-11H3,(H,25,26). The Hall–Kier alpha value is -1.99. The first-order chi connectivity index (χ1) is 16.5. The van der Waals surface area contributed by atoms with E-state index in [1.165, 1.54) is 34.3 Å². The molecule has 0 aromatic rings. The molecule has 36 heavy (non-hydrogen) atoms. The molecule has 1 N–H and O–H groups in total. The van der Waals surface area contributed by atoms with Crippen LogP contribution in [0.3, 0.4) is 0 Å². The molecule has 5 atom stereocenters. The lowest BCUT2D eigenvalue weighted by molar-refractivity contribution is -0.229. The number of hydrogen-bond acceptors (Lipinski definition) is 10. The molecule has 1 fully saturated rings. The van der Waals surface area contributed by atoms with Gasteiger partial charge in [-0.2, -0.15) is 0 Å². The van der Waals surface area contributed by atoms with E-state index in [4.69, 9.17) is 32.8 Å². The molecule has 1 saturated heterocycles. The van der Waals surface area contributed by atoms with Crippen LogP contribution in [0.5, 0.6) is 0 Å². The summed E-state index contributed by atoms with van der Waals surface area (Å²) in [7, 11) is 1.26. The first-order valence-electron chi connectivity index (χ1n) is 11.8. The monoisotopic (exact) mass is 531 g/mol. The van der Waals surface area contributed by atoms with Crippen molar-refractivity contribution in [1.82, 2.24) is 5.32 Å². The molecule has 0 radical (unpaired) electrons. The van der Waals surface area contributed by atoms with E-state index in [1.54, 1.807) is 13.8 Å². The molecule has 0 saturated carbocycles. The van der Waals surface area contributed by atoms with Crippen LogP contribution in [0.25, 0.3) is 0 Å². The maximum absolute atomic E-state index is 13.4. The molecule has 0 bridgehead atoms. The van der Waals surface area contributed by atoms with Crippen LogP contribution in [0, 0.1) is 0 Å². The average Bonchev–Trinajstić information content (AvgIpc) is 3.13. The fourth-order valence-electron chi connectivity index (χ4n) is 4.08. The zero-order valence-electron chi connectivity index (χ0n) is 23.2.